The Hall–Kier alpha value is -1.45. The van der Waals surface area contributed by atoms with Gasteiger partial charge in [-0.05, 0) is 13.0 Å². The van der Waals surface area contributed by atoms with Crippen molar-refractivity contribution in [2.45, 2.75) is 20.0 Å². The summed E-state index contributed by atoms with van der Waals surface area (Å²) in [6.07, 6.45) is 0. The van der Waals surface area contributed by atoms with Gasteiger partial charge in [-0.3, -0.25) is 0 Å². The van der Waals surface area contributed by atoms with Crippen molar-refractivity contribution in [2.75, 3.05) is 0 Å². The molecule has 0 saturated heterocycles. The topological polar surface area (TPSA) is 37.8 Å². The molecule has 1 aromatic carbocycles. The Kier molecular flexibility index (Phi) is 2.57. The van der Waals surface area contributed by atoms with E-state index in [9.17, 15) is 0 Å². The Bertz CT molecular complexity index is 581. The SMILES string of the molecule is Cc1cccc(-c2nc(Cl)c3c(n2)CNC3)c1. The standard InChI is InChI=1S/C13H12ClN3/c1-8-3-2-4-9(5-8)13-16-11-7-15-6-10(11)12(14)17-13/h2-5,15H,6-7H2,1H3. The van der Waals surface area contributed by atoms with Crippen molar-refractivity contribution in [3.63, 3.8) is 0 Å². The zero-order valence-corrected chi connectivity index (χ0v) is 10.3. The van der Waals surface area contributed by atoms with Gasteiger partial charge in [0.25, 0.3) is 0 Å². The lowest BCUT2D eigenvalue weighted by atomic mass is 10.1. The fourth-order valence-electron chi connectivity index (χ4n) is 2.04. The number of nitrogens with one attached hydrogen (secondary N) is 1. The van der Waals surface area contributed by atoms with Crippen LogP contribution in [0.3, 0.4) is 0 Å². The van der Waals surface area contributed by atoms with E-state index in [2.05, 4.69) is 34.3 Å². The molecule has 0 amide bonds. The second-order valence-corrected chi connectivity index (χ2v) is 4.59. The van der Waals surface area contributed by atoms with Crippen molar-refractivity contribution in [3.8, 4) is 11.4 Å². The molecule has 0 aliphatic carbocycles. The van der Waals surface area contributed by atoms with Crippen LogP contribution in [-0.2, 0) is 13.1 Å². The van der Waals surface area contributed by atoms with Crippen LogP contribution in [0.15, 0.2) is 24.3 Å². The molecule has 1 N–H and O–H groups in total. The normalized spacial score (nSPS) is 13.8. The van der Waals surface area contributed by atoms with Crippen molar-refractivity contribution in [2.24, 2.45) is 0 Å². The molecule has 1 aromatic heterocycles. The van der Waals surface area contributed by atoms with E-state index in [1.165, 1.54) is 5.56 Å². The van der Waals surface area contributed by atoms with E-state index in [1.807, 2.05) is 12.1 Å². The van der Waals surface area contributed by atoms with Crippen LogP contribution in [-0.4, -0.2) is 9.97 Å². The molecule has 0 fully saturated rings. The summed E-state index contributed by atoms with van der Waals surface area (Å²) in [5.74, 6) is 0.709. The van der Waals surface area contributed by atoms with Crippen LogP contribution in [0, 0.1) is 6.92 Å². The number of halogens is 1. The highest BCUT2D eigenvalue weighted by Crippen LogP contribution is 2.25. The van der Waals surface area contributed by atoms with Gasteiger partial charge in [-0.25, -0.2) is 9.97 Å². The number of fused-ring (bicyclic) bond motifs is 1. The second-order valence-electron chi connectivity index (χ2n) is 4.24. The molecule has 1 aliphatic heterocycles. The number of hydrogen-bond acceptors (Lipinski definition) is 3. The number of rotatable bonds is 1. The highest BCUT2D eigenvalue weighted by molar-refractivity contribution is 6.30. The van der Waals surface area contributed by atoms with Crippen LogP contribution in [0.25, 0.3) is 11.4 Å². The third kappa shape index (κ3) is 1.92. The highest BCUT2D eigenvalue weighted by atomic mass is 35.5. The van der Waals surface area contributed by atoms with Crippen LogP contribution in [0.5, 0.6) is 0 Å². The summed E-state index contributed by atoms with van der Waals surface area (Å²) < 4.78 is 0. The predicted molar refractivity (Wildman–Crippen MR) is 67.8 cm³/mol. The summed E-state index contributed by atoms with van der Waals surface area (Å²) in [5.41, 5.74) is 4.26. The van der Waals surface area contributed by atoms with Crippen LogP contribution >= 0.6 is 11.6 Å². The van der Waals surface area contributed by atoms with E-state index in [1.54, 1.807) is 0 Å². The lowest BCUT2D eigenvalue weighted by molar-refractivity contribution is 0.758. The summed E-state index contributed by atoms with van der Waals surface area (Å²) in [5, 5.41) is 3.80. The first-order chi connectivity index (χ1) is 8.24. The van der Waals surface area contributed by atoms with Gasteiger partial charge in [0.1, 0.15) is 5.15 Å². The molecular weight excluding hydrogens is 234 g/mol. The van der Waals surface area contributed by atoms with Crippen molar-refractivity contribution < 1.29 is 0 Å². The van der Waals surface area contributed by atoms with Crippen LogP contribution < -0.4 is 5.32 Å². The monoisotopic (exact) mass is 245 g/mol. The number of benzene rings is 1. The first-order valence-corrected chi connectivity index (χ1v) is 5.95. The number of nitrogens with zero attached hydrogens (tertiary/aromatic N) is 2. The van der Waals surface area contributed by atoms with E-state index in [4.69, 9.17) is 11.6 Å². The molecule has 0 radical (unpaired) electrons. The molecule has 0 spiro atoms. The van der Waals surface area contributed by atoms with E-state index in [-0.39, 0.29) is 0 Å². The fourth-order valence-corrected chi connectivity index (χ4v) is 2.30. The van der Waals surface area contributed by atoms with E-state index >= 15 is 0 Å². The van der Waals surface area contributed by atoms with Gasteiger partial charge in [-0.15, -0.1) is 0 Å². The summed E-state index contributed by atoms with van der Waals surface area (Å²) >= 11 is 6.17. The average Bonchev–Trinajstić information content (AvgIpc) is 2.77. The van der Waals surface area contributed by atoms with Crippen LogP contribution in [0.2, 0.25) is 5.15 Å². The maximum atomic E-state index is 6.17. The number of aromatic nitrogens is 2. The van der Waals surface area contributed by atoms with E-state index in [0.717, 1.165) is 29.9 Å². The van der Waals surface area contributed by atoms with Gasteiger partial charge in [0.05, 0.1) is 5.69 Å². The average molecular weight is 246 g/mol. The van der Waals surface area contributed by atoms with Crippen molar-refractivity contribution in [1.82, 2.24) is 15.3 Å². The number of hydrogen-bond donors (Lipinski definition) is 1. The van der Waals surface area contributed by atoms with Gasteiger partial charge in [-0.2, -0.15) is 0 Å². The predicted octanol–water partition coefficient (Wildman–Crippen LogP) is 2.71. The highest BCUT2D eigenvalue weighted by Gasteiger charge is 2.18. The minimum absolute atomic E-state index is 0.566. The van der Waals surface area contributed by atoms with Crippen molar-refractivity contribution >= 4 is 11.6 Å². The Morgan fingerprint density at radius 3 is 2.94 bits per heavy atom. The number of aryl methyl sites for hydroxylation is 1. The van der Waals surface area contributed by atoms with E-state index in [0.29, 0.717) is 11.0 Å². The minimum atomic E-state index is 0.566. The molecule has 86 valence electrons. The Morgan fingerprint density at radius 1 is 1.24 bits per heavy atom. The molecule has 3 nitrogen and oxygen atoms in total. The Labute approximate surface area is 105 Å². The molecule has 0 bridgehead atoms. The molecule has 0 saturated carbocycles. The summed E-state index contributed by atoms with van der Waals surface area (Å²) in [4.78, 5) is 8.94. The van der Waals surface area contributed by atoms with Gasteiger partial charge >= 0.3 is 0 Å². The molecule has 0 atom stereocenters. The zero-order chi connectivity index (χ0) is 11.8. The van der Waals surface area contributed by atoms with Gasteiger partial charge in [-0.1, -0.05) is 35.4 Å². The lowest BCUT2D eigenvalue weighted by Gasteiger charge is -2.05. The maximum Gasteiger partial charge on any atom is 0.161 e. The van der Waals surface area contributed by atoms with Gasteiger partial charge < -0.3 is 5.32 Å². The first-order valence-electron chi connectivity index (χ1n) is 5.57. The van der Waals surface area contributed by atoms with Crippen LogP contribution in [0.1, 0.15) is 16.8 Å². The quantitative estimate of drug-likeness (QED) is 0.785. The largest absolute Gasteiger partial charge is 0.307 e. The third-order valence-corrected chi connectivity index (χ3v) is 3.23. The molecule has 0 unspecified atom stereocenters. The molecule has 2 heterocycles. The molecule has 1 aliphatic rings. The van der Waals surface area contributed by atoms with Crippen molar-refractivity contribution in [3.05, 3.63) is 46.2 Å². The van der Waals surface area contributed by atoms with Crippen molar-refractivity contribution in [1.29, 1.82) is 0 Å². The Morgan fingerprint density at radius 2 is 2.12 bits per heavy atom. The Balaban J connectivity index is 2.13. The third-order valence-electron chi connectivity index (χ3n) is 2.91. The summed E-state index contributed by atoms with van der Waals surface area (Å²) in [6, 6.07) is 8.14. The lowest BCUT2D eigenvalue weighted by Crippen LogP contribution is -2.00. The molecule has 2 aromatic rings. The molecule has 3 rings (SSSR count). The molecule has 17 heavy (non-hydrogen) atoms. The molecular formula is C13H12ClN3. The fraction of sp³-hybridized carbons (Fsp3) is 0.231. The summed E-state index contributed by atoms with van der Waals surface area (Å²) in [7, 11) is 0. The molecule has 4 heteroatoms. The second kappa shape index (κ2) is 4.09. The minimum Gasteiger partial charge on any atom is -0.307 e. The smallest absolute Gasteiger partial charge is 0.161 e. The van der Waals surface area contributed by atoms with Crippen LogP contribution in [0.4, 0.5) is 0 Å². The maximum absolute atomic E-state index is 6.17. The van der Waals surface area contributed by atoms with E-state index < -0.39 is 0 Å². The van der Waals surface area contributed by atoms with Gasteiger partial charge in [0.15, 0.2) is 5.82 Å². The van der Waals surface area contributed by atoms with Gasteiger partial charge in [0, 0.05) is 24.2 Å². The first kappa shape index (κ1) is 10.7. The zero-order valence-electron chi connectivity index (χ0n) is 9.50. The van der Waals surface area contributed by atoms with Gasteiger partial charge in [0.2, 0.25) is 0 Å². The summed E-state index contributed by atoms with van der Waals surface area (Å²) in [6.45, 7) is 3.60.